The van der Waals surface area contributed by atoms with Crippen LogP contribution in [-0.4, -0.2) is 23.9 Å². The number of anilines is 2. The smallest absolute Gasteiger partial charge is 0.306 e. The number of hydrogen-bond acceptors (Lipinski definition) is 4. The first-order valence-corrected chi connectivity index (χ1v) is 8.82. The molecule has 2 N–H and O–H groups in total. The first kappa shape index (κ1) is 19.0. The minimum atomic E-state index is -0.842. The lowest BCUT2D eigenvalue weighted by atomic mass is 10.0. The van der Waals surface area contributed by atoms with Crippen LogP contribution < -0.4 is 10.6 Å². The molecule has 0 radical (unpaired) electrons. The predicted molar refractivity (Wildman–Crippen MR) is 96.1 cm³/mol. The Morgan fingerprint density at radius 2 is 1.64 bits per heavy atom. The van der Waals surface area contributed by atoms with E-state index < -0.39 is 6.10 Å². The largest absolute Gasteiger partial charge is 0.453 e. The first-order valence-electron chi connectivity index (χ1n) is 8.82. The zero-order valence-corrected chi connectivity index (χ0v) is 14.8. The van der Waals surface area contributed by atoms with E-state index in [9.17, 15) is 14.4 Å². The van der Waals surface area contributed by atoms with E-state index in [0.29, 0.717) is 23.7 Å². The number of benzene rings is 1. The number of ether oxygens (including phenoxy) is 1. The molecule has 0 bridgehead atoms. The van der Waals surface area contributed by atoms with Crippen LogP contribution in [0.4, 0.5) is 11.4 Å². The van der Waals surface area contributed by atoms with Crippen LogP contribution in [0.1, 0.15) is 52.4 Å². The summed E-state index contributed by atoms with van der Waals surface area (Å²) >= 11 is 0. The SMILES string of the molecule is CC(=O)Nc1ccc(NC(=O)[C@@H](C)OC(=O)CCC2CCCC2)cc1. The maximum Gasteiger partial charge on any atom is 0.306 e. The maximum absolute atomic E-state index is 12.1. The molecule has 0 unspecified atom stereocenters. The number of amides is 2. The van der Waals surface area contributed by atoms with Gasteiger partial charge in [-0.05, 0) is 43.5 Å². The van der Waals surface area contributed by atoms with Crippen LogP contribution in [0.3, 0.4) is 0 Å². The molecule has 2 rings (SSSR count). The topological polar surface area (TPSA) is 84.5 Å². The molecule has 136 valence electrons. The summed E-state index contributed by atoms with van der Waals surface area (Å²) in [7, 11) is 0. The highest BCUT2D eigenvalue weighted by molar-refractivity contribution is 5.95. The molecule has 2 amide bonds. The second-order valence-corrected chi connectivity index (χ2v) is 6.57. The zero-order chi connectivity index (χ0) is 18.2. The van der Waals surface area contributed by atoms with Gasteiger partial charge in [-0.1, -0.05) is 25.7 Å². The van der Waals surface area contributed by atoms with Gasteiger partial charge in [0.2, 0.25) is 5.91 Å². The molecule has 1 aromatic carbocycles. The lowest BCUT2D eigenvalue weighted by Gasteiger charge is -2.15. The highest BCUT2D eigenvalue weighted by Gasteiger charge is 2.20. The first-order chi connectivity index (χ1) is 11.9. The summed E-state index contributed by atoms with van der Waals surface area (Å²) < 4.78 is 5.21. The van der Waals surface area contributed by atoms with E-state index in [1.165, 1.54) is 32.6 Å². The summed E-state index contributed by atoms with van der Waals surface area (Å²) in [6.07, 6.45) is 5.26. The van der Waals surface area contributed by atoms with Gasteiger partial charge in [-0.2, -0.15) is 0 Å². The van der Waals surface area contributed by atoms with Gasteiger partial charge in [0.05, 0.1) is 0 Å². The number of hydrogen-bond donors (Lipinski definition) is 2. The second kappa shape index (κ2) is 9.20. The fourth-order valence-corrected chi connectivity index (χ4v) is 3.01. The van der Waals surface area contributed by atoms with Crippen molar-refractivity contribution in [3.8, 4) is 0 Å². The van der Waals surface area contributed by atoms with Crippen molar-refractivity contribution in [3.05, 3.63) is 24.3 Å². The van der Waals surface area contributed by atoms with Gasteiger partial charge in [0.1, 0.15) is 0 Å². The Kier molecular flexibility index (Phi) is 6.98. The highest BCUT2D eigenvalue weighted by atomic mass is 16.5. The van der Waals surface area contributed by atoms with E-state index in [1.54, 1.807) is 31.2 Å². The Labute approximate surface area is 148 Å². The third-order valence-electron chi connectivity index (χ3n) is 4.38. The molecule has 0 aromatic heterocycles. The van der Waals surface area contributed by atoms with E-state index in [-0.39, 0.29) is 17.8 Å². The van der Waals surface area contributed by atoms with Crippen molar-refractivity contribution in [1.29, 1.82) is 0 Å². The van der Waals surface area contributed by atoms with Gasteiger partial charge < -0.3 is 15.4 Å². The molecule has 1 saturated carbocycles. The maximum atomic E-state index is 12.1. The van der Waals surface area contributed by atoms with Gasteiger partial charge in [0.15, 0.2) is 6.10 Å². The van der Waals surface area contributed by atoms with Gasteiger partial charge >= 0.3 is 5.97 Å². The van der Waals surface area contributed by atoms with Crippen LogP contribution in [-0.2, 0) is 19.1 Å². The van der Waals surface area contributed by atoms with E-state index in [0.717, 1.165) is 6.42 Å². The molecule has 6 heteroatoms. The van der Waals surface area contributed by atoms with Gasteiger partial charge in [-0.3, -0.25) is 14.4 Å². The molecule has 0 spiro atoms. The van der Waals surface area contributed by atoms with Crippen LogP contribution in [0.5, 0.6) is 0 Å². The van der Waals surface area contributed by atoms with Crippen LogP contribution in [0.2, 0.25) is 0 Å². The van der Waals surface area contributed by atoms with E-state index in [1.807, 2.05) is 0 Å². The minimum absolute atomic E-state index is 0.157. The Bertz CT molecular complexity index is 606. The molecular weight excluding hydrogens is 320 g/mol. The average molecular weight is 346 g/mol. The van der Waals surface area contributed by atoms with Crippen molar-refractivity contribution >= 4 is 29.2 Å². The number of rotatable bonds is 7. The molecular formula is C19H26N2O4. The van der Waals surface area contributed by atoms with E-state index in [4.69, 9.17) is 4.74 Å². The van der Waals surface area contributed by atoms with Crippen molar-refractivity contribution in [2.24, 2.45) is 5.92 Å². The molecule has 0 aliphatic heterocycles. The monoisotopic (exact) mass is 346 g/mol. The standard InChI is InChI=1S/C19H26N2O4/c1-13(25-18(23)12-7-15-5-3-4-6-15)19(24)21-17-10-8-16(9-11-17)20-14(2)22/h8-11,13,15H,3-7,12H2,1-2H3,(H,20,22)(H,21,24)/t13-/m1/s1. The van der Waals surface area contributed by atoms with Gasteiger partial charge in [-0.15, -0.1) is 0 Å². The average Bonchev–Trinajstić information content (AvgIpc) is 3.07. The molecule has 1 aromatic rings. The Hall–Kier alpha value is -2.37. The molecule has 1 fully saturated rings. The third-order valence-corrected chi connectivity index (χ3v) is 4.38. The van der Waals surface area contributed by atoms with E-state index >= 15 is 0 Å². The Morgan fingerprint density at radius 3 is 2.20 bits per heavy atom. The normalized spacial score (nSPS) is 15.4. The van der Waals surface area contributed by atoms with Crippen LogP contribution in [0.15, 0.2) is 24.3 Å². The number of carbonyl (C=O) groups is 3. The Morgan fingerprint density at radius 1 is 1.08 bits per heavy atom. The second-order valence-electron chi connectivity index (χ2n) is 6.57. The molecule has 1 aliphatic carbocycles. The van der Waals surface area contributed by atoms with Crippen molar-refractivity contribution in [2.75, 3.05) is 10.6 Å². The highest BCUT2D eigenvalue weighted by Crippen LogP contribution is 2.28. The Balaban J connectivity index is 1.75. The number of nitrogens with one attached hydrogen (secondary N) is 2. The summed E-state index contributed by atoms with van der Waals surface area (Å²) in [4.78, 5) is 35.0. The number of esters is 1. The predicted octanol–water partition coefficient (Wildman–Crippen LogP) is 3.49. The quantitative estimate of drug-likeness (QED) is 0.740. The molecule has 0 saturated heterocycles. The molecule has 0 heterocycles. The van der Waals surface area contributed by atoms with Gasteiger partial charge in [-0.25, -0.2) is 0 Å². The minimum Gasteiger partial charge on any atom is -0.453 e. The van der Waals surface area contributed by atoms with Crippen molar-refractivity contribution < 1.29 is 19.1 Å². The third kappa shape index (κ3) is 6.57. The van der Waals surface area contributed by atoms with Crippen LogP contribution in [0.25, 0.3) is 0 Å². The van der Waals surface area contributed by atoms with Crippen molar-refractivity contribution in [3.63, 3.8) is 0 Å². The number of carbonyl (C=O) groups excluding carboxylic acids is 3. The summed E-state index contributed by atoms with van der Waals surface area (Å²) in [6, 6.07) is 6.74. The summed E-state index contributed by atoms with van der Waals surface area (Å²) in [5.41, 5.74) is 1.23. The molecule has 1 aliphatic rings. The molecule has 1 atom stereocenters. The van der Waals surface area contributed by atoms with Crippen molar-refractivity contribution in [2.45, 2.75) is 58.5 Å². The van der Waals surface area contributed by atoms with Gasteiger partial charge in [0.25, 0.3) is 5.91 Å². The lowest BCUT2D eigenvalue weighted by Crippen LogP contribution is -2.30. The molecule has 6 nitrogen and oxygen atoms in total. The lowest BCUT2D eigenvalue weighted by molar-refractivity contribution is -0.153. The zero-order valence-electron chi connectivity index (χ0n) is 14.8. The summed E-state index contributed by atoms with van der Waals surface area (Å²) in [5, 5.41) is 5.35. The summed E-state index contributed by atoms with van der Waals surface area (Å²) in [5.74, 6) is -0.231. The fourth-order valence-electron chi connectivity index (χ4n) is 3.01. The van der Waals surface area contributed by atoms with Gasteiger partial charge in [0, 0.05) is 24.7 Å². The van der Waals surface area contributed by atoms with Crippen LogP contribution in [0, 0.1) is 5.92 Å². The van der Waals surface area contributed by atoms with E-state index in [2.05, 4.69) is 10.6 Å². The fraction of sp³-hybridized carbons (Fsp3) is 0.526. The molecule has 25 heavy (non-hydrogen) atoms. The van der Waals surface area contributed by atoms with Crippen LogP contribution >= 0.6 is 0 Å². The summed E-state index contributed by atoms with van der Waals surface area (Å²) in [6.45, 7) is 2.99. The van der Waals surface area contributed by atoms with Crippen molar-refractivity contribution in [1.82, 2.24) is 0 Å².